The van der Waals surface area contributed by atoms with Crippen molar-refractivity contribution in [2.24, 2.45) is 5.92 Å². The van der Waals surface area contributed by atoms with Gasteiger partial charge in [-0.2, -0.15) is 0 Å². The Morgan fingerprint density at radius 1 is 1.33 bits per heavy atom. The Bertz CT molecular complexity index is 296. The molecule has 1 aromatic carbocycles. The summed E-state index contributed by atoms with van der Waals surface area (Å²) in [5, 5.41) is 3.28. The second-order valence-corrected chi connectivity index (χ2v) is 5.35. The van der Waals surface area contributed by atoms with E-state index in [-0.39, 0.29) is 0 Å². The summed E-state index contributed by atoms with van der Waals surface area (Å²) in [7, 11) is 2.02. The fraction of sp³-hybridized carbons (Fsp3) is 0.538. The largest absolute Gasteiger partial charge is 0.319 e. The third kappa shape index (κ3) is 4.35. The van der Waals surface area contributed by atoms with E-state index in [1.807, 2.05) is 7.05 Å². The lowest BCUT2D eigenvalue weighted by Gasteiger charge is -2.19. The summed E-state index contributed by atoms with van der Waals surface area (Å²) in [4.78, 5) is 0. The predicted octanol–water partition coefficient (Wildman–Crippen LogP) is 3.80. The highest BCUT2D eigenvalue weighted by Crippen LogP contribution is 2.25. The molecule has 1 N–H and O–H groups in total. The molecular weight excluding hydrogens is 250 g/mol. The number of benzene rings is 1. The van der Waals surface area contributed by atoms with Crippen LogP contribution in [0.4, 0.5) is 0 Å². The van der Waals surface area contributed by atoms with Gasteiger partial charge in [-0.3, -0.25) is 0 Å². The number of halogens is 1. The lowest BCUT2D eigenvalue weighted by atomic mass is 9.90. The highest BCUT2D eigenvalue weighted by atomic mass is 79.9. The number of nitrogens with one attached hydrogen (secondary N) is 1. The average molecular weight is 270 g/mol. The predicted molar refractivity (Wildman–Crippen MR) is 70.3 cm³/mol. The van der Waals surface area contributed by atoms with Crippen LogP contribution in [0.2, 0.25) is 0 Å². The van der Waals surface area contributed by atoms with Crippen molar-refractivity contribution in [3.8, 4) is 0 Å². The summed E-state index contributed by atoms with van der Waals surface area (Å²) < 4.78 is 1.17. The molecule has 0 amide bonds. The summed E-state index contributed by atoms with van der Waals surface area (Å²) in [6, 6.07) is 8.64. The zero-order chi connectivity index (χ0) is 11.3. The Morgan fingerprint density at radius 3 is 2.60 bits per heavy atom. The van der Waals surface area contributed by atoms with Crippen molar-refractivity contribution in [2.75, 3.05) is 13.6 Å². The first-order valence-electron chi connectivity index (χ1n) is 5.53. The van der Waals surface area contributed by atoms with E-state index in [9.17, 15) is 0 Å². The second-order valence-electron chi connectivity index (χ2n) is 4.44. The number of rotatable bonds is 5. The van der Waals surface area contributed by atoms with Crippen molar-refractivity contribution in [3.05, 3.63) is 34.3 Å². The van der Waals surface area contributed by atoms with Gasteiger partial charge in [-0.15, -0.1) is 0 Å². The van der Waals surface area contributed by atoms with Crippen LogP contribution in [0.1, 0.15) is 31.7 Å². The summed E-state index contributed by atoms with van der Waals surface area (Å²) in [5.74, 6) is 1.36. The third-order valence-electron chi connectivity index (χ3n) is 2.53. The standard InChI is InChI=1S/C13H20BrN/c1-10(2)7-12(9-15-3)11-5-4-6-13(14)8-11/h4-6,8,10,12,15H,7,9H2,1-3H3. The number of hydrogen-bond acceptors (Lipinski definition) is 1. The van der Waals surface area contributed by atoms with Gasteiger partial charge in [-0.05, 0) is 43.0 Å². The van der Waals surface area contributed by atoms with Gasteiger partial charge in [0.05, 0.1) is 0 Å². The summed E-state index contributed by atoms with van der Waals surface area (Å²) in [6.07, 6.45) is 1.23. The lowest BCUT2D eigenvalue weighted by Crippen LogP contribution is -2.18. The molecule has 1 nitrogen and oxygen atoms in total. The van der Waals surface area contributed by atoms with Crippen LogP contribution < -0.4 is 5.32 Å². The van der Waals surface area contributed by atoms with Crippen molar-refractivity contribution < 1.29 is 0 Å². The highest BCUT2D eigenvalue weighted by molar-refractivity contribution is 9.10. The molecule has 84 valence electrons. The molecule has 2 heteroatoms. The molecule has 0 aliphatic heterocycles. The van der Waals surface area contributed by atoms with E-state index in [4.69, 9.17) is 0 Å². The topological polar surface area (TPSA) is 12.0 Å². The van der Waals surface area contributed by atoms with Crippen molar-refractivity contribution in [2.45, 2.75) is 26.2 Å². The SMILES string of the molecule is CNCC(CC(C)C)c1cccc(Br)c1. The van der Waals surface area contributed by atoms with Crippen LogP contribution in [0.5, 0.6) is 0 Å². The molecule has 0 saturated carbocycles. The van der Waals surface area contributed by atoms with Crippen molar-refractivity contribution >= 4 is 15.9 Å². The summed E-state index contributed by atoms with van der Waals surface area (Å²) in [5.41, 5.74) is 1.42. The third-order valence-corrected chi connectivity index (χ3v) is 3.02. The second kappa shape index (κ2) is 6.29. The molecular formula is C13H20BrN. The molecule has 1 unspecified atom stereocenters. The molecule has 0 fully saturated rings. The molecule has 15 heavy (non-hydrogen) atoms. The van der Waals surface area contributed by atoms with Crippen LogP contribution in [0.3, 0.4) is 0 Å². The molecule has 0 radical (unpaired) electrons. The Balaban J connectivity index is 2.78. The van der Waals surface area contributed by atoms with Gasteiger partial charge >= 0.3 is 0 Å². The molecule has 1 aromatic rings. The Hall–Kier alpha value is -0.340. The minimum absolute atomic E-state index is 0.618. The molecule has 1 atom stereocenters. The van der Waals surface area contributed by atoms with Gasteiger partial charge in [0.1, 0.15) is 0 Å². The van der Waals surface area contributed by atoms with Gasteiger partial charge < -0.3 is 5.32 Å². The van der Waals surface area contributed by atoms with Crippen LogP contribution >= 0.6 is 15.9 Å². The van der Waals surface area contributed by atoms with Crippen LogP contribution in [-0.2, 0) is 0 Å². The maximum absolute atomic E-state index is 3.53. The first-order valence-corrected chi connectivity index (χ1v) is 6.33. The van der Waals surface area contributed by atoms with Gasteiger partial charge in [0.25, 0.3) is 0 Å². The van der Waals surface area contributed by atoms with Crippen LogP contribution in [0.25, 0.3) is 0 Å². The van der Waals surface area contributed by atoms with Gasteiger partial charge in [0, 0.05) is 11.0 Å². The lowest BCUT2D eigenvalue weighted by molar-refractivity contribution is 0.484. The van der Waals surface area contributed by atoms with Gasteiger partial charge in [-0.1, -0.05) is 41.9 Å². The van der Waals surface area contributed by atoms with Crippen LogP contribution in [0.15, 0.2) is 28.7 Å². The zero-order valence-corrected chi connectivity index (χ0v) is 11.3. The molecule has 0 aliphatic carbocycles. The first kappa shape index (κ1) is 12.7. The first-order chi connectivity index (χ1) is 7.13. The zero-order valence-electron chi connectivity index (χ0n) is 9.76. The quantitative estimate of drug-likeness (QED) is 0.858. The average Bonchev–Trinajstić information content (AvgIpc) is 2.16. The Kier molecular flexibility index (Phi) is 5.34. The minimum Gasteiger partial charge on any atom is -0.319 e. The van der Waals surface area contributed by atoms with E-state index >= 15 is 0 Å². The van der Waals surface area contributed by atoms with Crippen molar-refractivity contribution in [1.29, 1.82) is 0 Å². The van der Waals surface area contributed by atoms with Gasteiger partial charge in [0.15, 0.2) is 0 Å². The fourth-order valence-corrected chi connectivity index (χ4v) is 2.33. The molecule has 1 rings (SSSR count). The highest BCUT2D eigenvalue weighted by Gasteiger charge is 2.12. The van der Waals surface area contributed by atoms with E-state index in [2.05, 4.69) is 59.4 Å². The maximum Gasteiger partial charge on any atom is 0.0178 e. The molecule has 0 aliphatic rings. The van der Waals surface area contributed by atoms with E-state index < -0.39 is 0 Å². The molecule has 0 heterocycles. The van der Waals surface area contributed by atoms with Gasteiger partial charge in [0.2, 0.25) is 0 Å². The molecule has 0 saturated heterocycles. The summed E-state index contributed by atoms with van der Waals surface area (Å²) in [6.45, 7) is 5.61. The summed E-state index contributed by atoms with van der Waals surface area (Å²) >= 11 is 3.53. The van der Waals surface area contributed by atoms with E-state index in [0.29, 0.717) is 5.92 Å². The normalized spacial score (nSPS) is 13.1. The Morgan fingerprint density at radius 2 is 2.07 bits per heavy atom. The maximum atomic E-state index is 3.53. The van der Waals surface area contributed by atoms with E-state index in [1.165, 1.54) is 16.5 Å². The van der Waals surface area contributed by atoms with Crippen molar-refractivity contribution in [3.63, 3.8) is 0 Å². The molecule has 0 bridgehead atoms. The fourth-order valence-electron chi connectivity index (χ4n) is 1.91. The minimum atomic E-state index is 0.618. The monoisotopic (exact) mass is 269 g/mol. The van der Waals surface area contributed by atoms with Crippen LogP contribution in [-0.4, -0.2) is 13.6 Å². The van der Waals surface area contributed by atoms with Crippen molar-refractivity contribution in [1.82, 2.24) is 5.32 Å². The van der Waals surface area contributed by atoms with Crippen LogP contribution in [0, 0.1) is 5.92 Å². The Labute approximate surface area is 101 Å². The number of likely N-dealkylation sites (N-methyl/N-ethyl adjacent to an activating group) is 1. The smallest absolute Gasteiger partial charge is 0.0178 e. The number of hydrogen-bond donors (Lipinski definition) is 1. The molecule has 0 aromatic heterocycles. The van der Waals surface area contributed by atoms with Gasteiger partial charge in [-0.25, -0.2) is 0 Å². The van der Waals surface area contributed by atoms with E-state index in [0.717, 1.165) is 12.5 Å². The van der Waals surface area contributed by atoms with E-state index in [1.54, 1.807) is 0 Å². The molecule has 0 spiro atoms.